The highest BCUT2D eigenvalue weighted by molar-refractivity contribution is 6.24. The Morgan fingerprint density at radius 1 is 1.04 bits per heavy atom. The molecule has 5 nitrogen and oxygen atoms in total. The van der Waals surface area contributed by atoms with E-state index in [9.17, 15) is 19.5 Å². The normalized spacial score (nSPS) is 19.6. The van der Waals surface area contributed by atoms with Gasteiger partial charge < -0.3 is 10.2 Å². The van der Waals surface area contributed by atoms with E-state index in [1.807, 2.05) is 0 Å². The number of aliphatic hydroxyl groups is 1. The predicted octanol–water partition coefficient (Wildman–Crippen LogP) is 3.21. The third-order valence-corrected chi connectivity index (χ3v) is 5.00. The highest BCUT2D eigenvalue weighted by Crippen LogP contribution is 2.30. The minimum atomic E-state index is -0.987. The number of aliphatic carboxylic acids is 1. The molecule has 0 heterocycles. The van der Waals surface area contributed by atoms with Gasteiger partial charge >= 0.3 is 5.97 Å². The fourth-order valence-electron chi connectivity index (χ4n) is 2.89. The Hall–Kier alpha value is -1.75. The molecule has 24 heavy (non-hydrogen) atoms. The van der Waals surface area contributed by atoms with Gasteiger partial charge in [-0.15, -0.1) is 0 Å². The Labute approximate surface area is 143 Å². The van der Waals surface area contributed by atoms with Crippen molar-refractivity contribution >= 4 is 17.5 Å². The van der Waals surface area contributed by atoms with Crippen LogP contribution in [0.4, 0.5) is 0 Å². The molecule has 0 aromatic heterocycles. The summed E-state index contributed by atoms with van der Waals surface area (Å²) >= 11 is 0. The first-order valence-corrected chi connectivity index (χ1v) is 8.39. The van der Waals surface area contributed by atoms with Crippen LogP contribution in [0.3, 0.4) is 0 Å². The molecule has 2 N–H and O–H groups in total. The molecular formula is C19H28O5. The number of carbonyl (C=O) groups is 3. The Morgan fingerprint density at radius 3 is 2.12 bits per heavy atom. The van der Waals surface area contributed by atoms with Crippen LogP contribution in [-0.4, -0.2) is 33.3 Å². The summed E-state index contributed by atoms with van der Waals surface area (Å²) in [7, 11) is 0. The number of carboxylic acids is 1. The van der Waals surface area contributed by atoms with Crippen molar-refractivity contribution in [1.82, 2.24) is 0 Å². The zero-order valence-electron chi connectivity index (χ0n) is 15.2. The number of allylic oxidation sites excluding steroid dienone is 4. The van der Waals surface area contributed by atoms with Crippen LogP contribution in [0.15, 0.2) is 22.3 Å². The number of hydrogen-bond acceptors (Lipinski definition) is 4. The summed E-state index contributed by atoms with van der Waals surface area (Å²) in [6, 6.07) is 0. The summed E-state index contributed by atoms with van der Waals surface area (Å²) in [5, 5.41) is 19.3. The molecule has 5 heteroatoms. The van der Waals surface area contributed by atoms with E-state index in [-0.39, 0.29) is 11.6 Å². The summed E-state index contributed by atoms with van der Waals surface area (Å²) in [6.45, 7) is 8.32. The molecule has 1 rings (SSSR count). The fraction of sp³-hybridized carbons (Fsp3) is 0.632. The van der Waals surface area contributed by atoms with E-state index in [4.69, 9.17) is 5.11 Å². The van der Waals surface area contributed by atoms with E-state index in [2.05, 4.69) is 0 Å². The lowest BCUT2D eigenvalue weighted by Crippen LogP contribution is -2.27. The molecule has 0 fully saturated rings. The predicted molar refractivity (Wildman–Crippen MR) is 91.6 cm³/mol. The number of rotatable bonds is 8. The minimum Gasteiger partial charge on any atom is -0.481 e. The van der Waals surface area contributed by atoms with Gasteiger partial charge in [-0.3, -0.25) is 14.4 Å². The number of ketones is 2. The van der Waals surface area contributed by atoms with Gasteiger partial charge in [-0.05, 0) is 59.8 Å². The Kier molecular flexibility index (Phi) is 6.67. The first-order chi connectivity index (χ1) is 11.0. The second-order valence-corrected chi connectivity index (χ2v) is 7.14. The summed E-state index contributed by atoms with van der Waals surface area (Å²) in [4.78, 5) is 35.3. The van der Waals surface area contributed by atoms with Gasteiger partial charge in [0.25, 0.3) is 0 Å². The first-order valence-electron chi connectivity index (χ1n) is 8.39. The van der Waals surface area contributed by atoms with Crippen molar-refractivity contribution in [2.45, 2.75) is 72.3 Å². The van der Waals surface area contributed by atoms with Crippen LogP contribution in [0.5, 0.6) is 0 Å². The molecule has 0 aromatic rings. The van der Waals surface area contributed by atoms with E-state index in [1.54, 1.807) is 34.6 Å². The van der Waals surface area contributed by atoms with Crippen LogP contribution in [-0.2, 0) is 14.4 Å². The standard InChI is InChI=1S/C19H28O5/c1-11(18(22)23)7-6-9-19(5,24)10-8-15-14(4)16(20)12(2)13(3)17(15)21/h11,24H,6-10H2,1-5H3,(H,22,23)/t11?,19-/m1/s1. The van der Waals surface area contributed by atoms with Gasteiger partial charge in [0.15, 0.2) is 11.6 Å². The third-order valence-electron chi connectivity index (χ3n) is 5.00. The molecule has 0 aromatic carbocycles. The second-order valence-electron chi connectivity index (χ2n) is 7.14. The minimum absolute atomic E-state index is 0.1000. The van der Waals surface area contributed by atoms with Gasteiger partial charge in [0.2, 0.25) is 0 Å². The van der Waals surface area contributed by atoms with Crippen LogP contribution < -0.4 is 0 Å². The zero-order chi connectivity index (χ0) is 18.7. The highest BCUT2D eigenvalue weighted by Gasteiger charge is 2.29. The van der Waals surface area contributed by atoms with Crippen LogP contribution >= 0.6 is 0 Å². The zero-order valence-corrected chi connectivity index (χ0v) is 15.2. The maximum Gasteiger partial charge on any atom is 0.306 e. The number of carboxylic acid groups (broad SMARTS) is 1. The number of carbonyl (C=O) groups excluding carboxylic acids is 2. The van der Waals surface area contributed by atoms with Crippen molar-refractivity contribution in [2.75, 3.05) is 0 Å². The highest BCUT2D eigenvalue weighted by atomic mass is 16.4. The molecule has 1 aliphatic rings. The first kappa shape index (κ1) is 20.3. The molecule has 1 aliphatic carbocycles. The third kappa shape index (κ3) is 4.87. The molecule has 134 valence electrons. The summed E-state index contributed by atoms with van der Waals surface area (Å²) < 4.78 is 0. The quantitative estimate of drug-likeness (QED) is 0.664. The molecule has 2 atom stereocenters. The lowest BCUT2D eigenvalue weighted by Gasteiger charge is -2.26. The number of Topliss-reactive ketones (excluding diaryl/α,β-unsaturated/α-hetero) is 2. The van der Waals surface area contributed by atoms with E-state index >= 15 is 0 Å². The lowest BCUT2D eigenvalue weighted by molar-refractivity contribution is -0.141. The van der Waals surface area contributed by atoms with Gasteiger partial charge in [-0.1, -0.05) is 6.92 Å². The van der Waals surface area contributed by atoms with Crippen LogP contribution in [0.2, 0.25) is 0 Å². The molecule has 0 saturated heterocycles. The van der Waals surface area contributed by atoms with Crippen LogP contribution in [0, 0.1) is 5.92 Å². The van der Waals surface area contributed by atoms with Crippen molar-refractivity contribution in [3.05, 3.63) is 22.3 Å². The molecule has 0 amide bonds. The fourth-order valence-corrected chi connectivity index (χ4v) is 2.89. The maximum atomic E-state index is 12.4. The summed E-state index contributed by atoms with van der Waals surface area (Å²) in [5.41, 5.74) is 0.950. The SMILES string of the molecule is CC1=C(C)C(=O)C(CC[C@](C)(O)CCCC(C)C(=O)O)=C(C)C1=O. The van der Waals surface area contributed by atoms with Crippen molar-refractivity contribution in [3.63, 3.8) is 0 Å². The van der Waals surface area contributed by atoms with Gasteiger partial charge in [-0.2, -0.15) is 0 Å². The maximum absolute atomic E-state index is 12.4. The van der Waals surface area contributed by atoms with Crippen molar-refractivity contribution in [3.8, 4) is 0 Å². The van der Waals surface area contributed by atoms with Gasteiger partial charge in [0.1, 0.15) is 0 Å². The van der Waals surface area contributed by atoms with Gasteiger partial charge in [-0.25, -0.2) is 0 Å². The monoisotopic (exact) mass is 336 g/mol. The molecule has 0 radical (unpaired) electrons. The molecular weight excluding hydrogens is 308 g/mol. The van der Waals surface area contributed by atoms with E-state index in [0.717, 1.165) is 0 Å². The smallest absolute Gasteiger partial charge is 0.306 e. The van der Waals surface area contributed by atoms with E-state index < -0.39 is 17.5 Å². The van der Waals surface area contributed by atoms with Crippen LogP contribution in [0.25, 0.3) is 0 Å². The largest absolute Gasteiger partial charge is 0.481 e. The van der Waals surface area contributed by atoms with Crippen molar-refractivity contribution in [2.24, 2.45) is 5.92 Å². The molecule has 0 saturated carbocycles. The molecule has 0 spiro atoms. The molecule has 0 bridgehead atoms. The number of hydrogen-bond donors (Lipinski definition) is 2. The molecule has 1 unspecified atom stereocenters. The average Bonchev–Trinajstić information content (AvgIpc) is 2.50. The average molecular weight is 336 g/mol. The molecule has 0 aliphatic heterocycles. The summed E-state index contributed by atoms with van der Waals surface area (Å²) in [6.07, 6.45) is 2.29. The topological polar surface area (TPSA) is 91.7 Å². The Bertz CT molecular complexity index is 607. The lowest BCUT2D eigenvalue weighted by atomic mass is 9.81. The van der Waals surface area contributed by atoms with Gasteiger partial charge in [0, 0.05) is 22.3 Å². The van der Waals surface area contributed by atoms with E-state index in [0.29, 0.717) is 54.4 Å². The van der Waals surface area contributed by atoms with Crippen molar-refractivity contribution in [1.29, 1.82) is 0 Å². The van der Waals surface area contributed by atoms with E-state index in [1.165, 1.54) is 0 Å². The van der Waals surface area contributed by atoms with Crippen molar-refractivity contribution < 1.29 is 24.6 Å². The Morgan fingerprint density at radius 2 is 1.58 bits per heavy atom. The van der Waals surface area contributed by atoms with Crippen LogP contribution in [0.1, 0.15) is 66.7 Å². The van der Waals surface area contributed by atoms with Gasteiger partial charge in [0.05, 0.1) is 11.5 Å². The summed E-state index contributed by atoms with van der Waals surface area (Å²) in [5.74, 6) is -1.48. The second kappa shape index (κ2) is 7.88. The Balaban J connectivity index is 2.65.